The monoisotopic (exact) mass is 331 g/mol. The van der Waals surface area contributed by atoms with Crippen molar-refractivity contribution in [1.82, 2.24) is 9.88 Å². The van der Waals surface area contributed by atoms with E-state index in [1.54, 1.807) is 18.1 Å². The minimum absolute atomic E-state index is 0.147. The van der Waals surface area contributed by atoms with E-state index in [1.807, 2.05) is 60.7 Å². The average Bonchev–Trinajstić information content (AvgIpc) is 2.65. The van der Waals surface area contributed by atoms with Gasteiger partial charge in [0.2, 0.25) is 0 Å². The van der Waals surface area contributed by atoms with E-state index in [2.05, 4.69) is 22.4 Å². The molecular weight excluding hydrogens is 310 g/mol. The number of benzene rings is 2. The van der Waals surface area contributed by atoms with Crippen molar-refractivity contribution in [3.8, 4) is 0 Å². The van der Waals surface area contributed by atoms with Gasteiger partial charge in [-0.1, -0.05) is 54.6 Å². The van der Waals surface area contributed by atoms with E-state index in [-0.39, 0.29) is 6.03 Å². The summed E-state index contributed by atoms with van der Waals surface area (Å²) in [4.78, 5) is 18.4. The molecule has 4 nitrogen and oxygen atoms in total. The predicted octanol–water partition coefficient (Wildman–Crippen LogP) is 4.34. The molecule has 2 aromatic carbocycles. The molecule has 1 N–H and O–H groups in total. The maximum atomic E-state index is 12.5. The molecule has 0 bridgehead atoms. The van der Waals surface area contributed by atoms with Crippen LogP contribution in [0.25, 0.3) is 0 Å². The smallest absolute Gasteiger partial charge is 0.321 e. The van der Waals surface area contributed by atoms with Gasteiger partial charge in [-0.25, -0.2) is 4.79 Å². The number of nitrogens with zero attached hydrogens (tertiary/aromatic N) is 2. The number of para-hydroxylation sites is 1. The van der Waals surface area contributed by atoms with E-state index in [0.717, 1.165) is 23.4 Å². The molecule has 0 aliphatic rings. The molecule has 3 rings (SSSR count). The first-order valence-electron chi connectivity index (χ1n) is 8.26. The van der Waals surface area contributed by atoms with Crippen LogP contribution in [0.3, 0.4) is 0 Å². The summed E-state index contributed by atoms with van der Waals surface area (Å²) in [6.07, 6.45) is 2.51. The zero-order chi connectivity index (χ0) is 17.5. The van der Waals surface area contributed by atoms with Gasteiger partial charge in [-0.15, -0.1) is 0 Å². The summed E-state index contributed by atoms with van der Waals surface area (Å²) >= 11 is 0. The number of pyridine rings is 1. The Bertz CT molecular complexity index is 819. The fraction of sp³-hybridized carbons (Fsp3) is 0.143. The number of urea groups is 1. The zero-order valence-corrected chi connectivity index (χ0v) is 14.2. The SMILES string of the molecule is CN(Cc1ccccn1)C(=O)Nc1ccccc1Cc1ccccc1. The lowest BCUT2D eigenvalue weighted by molar-refractivity contribution is 0.220. The van der Waals surface area contributed by atoms with Crippen LogP contribution >= 0.6 is 0 Å². The number of carbonyl (C=O) groups excluding carboxylic acids is 1. The second-order valence-corrected chi connectivity index (χ2v) is 5.93. The molecule has 0 saturated carbocycles. The molecule has 0 aliphatic carbocycles. The van der Waals surface area contributed by atoms with Crippen molar-refractivity contribution < 1.29 is 4.79 Å². The van der Waals surface area contributed by atoms with E-state index < -0.39 is 0 Å². The van der Waals surface area contributed by atoms with Gasteiger partial charge in [0.1, 0.15) is 0 Å². The van der Waals surface area contributed by atoms with Gasteiger partial charge >= 0.3 is 6.03 Å². The summed E-state index contributed by atoms with van der Waals surface area (Å²) in [5, 5.41) is 3.01. The Morgan fingerprint density at radius 3 is 2.44 bits per heavy atom. The van der Waals surface area contributed by atoms with Gasteiger partial charge < -0.3 is 10.2 Å². The van der Waals surface area contributed by atoms with Crippen LogP contribution in [0.4, 0.5) is 10.5 Å². The largest absolute Gasteiger partial charge is 0.322 e. The molecule has 25 heavy (non-hydrogen) atoms. The first-order valence-corrected chi connectivity index (χ1v) is 8.26. The normalized spacial score (nSPS) is 10.3. The van der Waals surface area contributed by atoms with E-state index in [9.17, 15) is 4.79 Å². The minimum Gasteiger partial charge on any atom is -0.322 e. The van der Waals surface area contributed by atoms with Crippen molar-refractivity contribution in [3.63, 3.8) is 0 Å². The third kappa shape index (κ3) is 4.67. The second-order valence-electron chi connectivity index (χ2n) is 5.93. The van der Waals surface area contributed by atoms with Gasteiger partial charge in [0, 0.05) is 18.9 Å². The molecule has 0 saturated heterocycles. The van der Waals surface area contributed by atoms with Crippen molar-refractivity contribution in [2.75, 3.05) is 12.4 Å². The van der Waals surface area contributed by atoms with Crippen LogP contribution in [0.5, 0.6) is 0 Å². The molecule has 0 atom stereocenters. The van der Waals surface area contributed by atoms with Crippen molar-refractivity contribution in [3.05, 3.63) is 95.8 Å². The van der Waals surface area contributed by atoms with E-state index in [4.69, 9.17) is 0 Å². The first kappa shape index (κ1) is 16.7. The summed E-state index contributed by atoms with van der Waals surface area (Å²) in [7, 11) is 1.77. The van der Waals surface area contributed by atoms with Crippen molar-refractivity contribution in [1.29, 1.82) is 0 Å². The van der Waals surface area contributed by atoms with Crippen LogP contribution in [-0.4, -0.2) is 23.0 Å². The first-order chi connectivity index (χ1) is 12.2. The van der Waals surface area contributed by atoms with Gasteiger partial charge in [0.15, 0.2) is 0 Å². The quantitative estimate of drug-likeness (QED) is 0.756. The van der Waals surface area contributed by atoms with Crippen molar-refractivity contribution in [2.45, 2.75) is 13.0 Å². The molecule has 1 heterocycles. The molecule has 0 radical (unpaired) electrons. The third-order valence-corrected chi connectivity index (χ3v) is 3.97. The number of rotatable bonds is 5. The number of hydrogen-bond donors (Lipinski definition) is 1. The van der Waals surface area contributed by atoms with Gasteiger partial charge in [0.25, 0.3) is 0 Å². The Morgan fingerprint density at radius 1 is 0.960 bits per heavy atom. The maximum Gasteiger partial charge on any atom is 0.321 e. The second kappa shape index (κ2) is 8.11. The summed E-state index contributed by atoms with van der Waals surface area (Å²) in [5.74, 6) is 0. The van der Waals surface area contributed by atoms with Gasteiger partial charge in [-0.05, 0) is 35.7 Å². The van der Waals surface area contributed by atoms with Crippen LogP contribution in [0.15, 0.2) is 79.0 Å². The molecule has 4 heteroatoms. The maximum absolute atomic E-state index is 12.5. The molecule has 0 fully saturated rings. The summed E-state index contributed by atoms with van der Waals surface area (Å²) in [6.45, 7) is 0.466. The number of amides is 2. The molecule has 0 unspecified atom stereocenters. The van der Waals surface area contributed by atoms with Crippen molar-refractivity contribution >= 4 is 11.7 Å². The predicted molar refractivity (Wildman–Crippen MR) is 100 cm³/mol. The Balaban J connectivity index is 1.69. The molecule has 126 valence electrons. The minimum atomic E-state index is -0.147. The number of anilines is 1. The van der Waals surface area contributed by atoms with Crippen LogP contribution in [0, 0.1) is 0 Å². The van der Waals surface area contributed by atoms with E-state index in [0.29, 0.717) is 6.54 Å². The summed E-state index contributed by atoms with van der Waals surface area (Å²) in [5.41, 5.74) is 4.00. The lowest BCUT2D eigenvalue weighted by Crippen LogP contribution is -2.31. The van der Waals surface area contributed by atoms with Crippen LogP contribution in [0.2, 0.25) is 0 Å². The standard InChI is InChI=1S/C21H21N3O/c1-24(16-19-12-7-8-14-22-19)21(25)23-20-13-6-5-11-18(20)15-17-9-3-2-4-10-17/h2-14H,15-16H2,1H3,(H,23,25). The Labute approximate surface area is 148 Å². The Morgan fingerprint density at radius 2 is 1.68 bits per heavy atom. The van der Waals surface area contributed by atoms with E-state index in [1.165, 1.54) is 5.56 Å². The fourth-order valence-corrected chi connectivity index (χ4v) is 2.63. The highest BCUT2D eigenvalue weighted by Gasteiger charge is 2.12. The van der Waals surface area contributed by atoms with Crippen molar-refractivity contribution in [2.24, 2.45) is 0 Å². The molecule has 0 spiro atoms. The van der Waals surface area contributed by atoms with Crippen LogP contribution in [0.1, 0.15) is 16.8 Å². The van der Waals surface area contributed by atoms with Crippen LogP contribution in [-0.2, 0) is 13.0 Å². The van der Waals surface area contributed by atoms with Crippen LogP contribution < -0.4 is 5.32 Å². The molecular formula is C21H21N3O. The van der Waals surface area contributed by atoms with E-state index >= 15 is 0 Å². The summed E-state index contributed by atoms with van der Waals surface area (Å²) in [6, 6.07) is 23.7. The van der Waals surface area contributed by atoms with Gasteiger partial charge in [0.05, 0.1) is 12.2 Å². The van der Waals surface area contributed by atoms with Gasteiger partial charge in [-0.2, -0.15) is 0 Å². The highest BCUT2D eigenvalue weighted by atomic mass is 16.2. The fourth-order valence-electron chi connectivity index (χ4n) is 2.63. The number of aromatic nitrogens is 1. The Kier molecular flexibility index (Phi) is 5.42. The highest BCUT2D eigenvalue weighted by molar-refractivity contribution is 5.90. The summed E-state index contributed by atoms with van der Waals surface area (Å²) < 4.78 is 0. The highest BCUT2D eigenvalue weighted by Crippen LogP contribution is 2.19. The number of hydrogen-bond acceptors (Lipinski definition) is 2. The lowest BCUT2D eigenvalue weighted by atomic mass is 10.0. The third-order valence-electron chi connectivity index (χ3n) is 3.97. The Hall–Kier alpha value is -3.14. The number of nitrogens with one attached hydrogen (secondary N) is 1. The molecule has 0 aliphatic heterocycles. The molecule has 2 amide bonds. The average molecular weight is 331 g/mol. The zero-order valence-electron chi connectivity index (χ0n) is 14.2. The molecule has 1 aromatic heterocycles. The topological polar surface area (TPSA) is 45.2 Å². The lowest BCUT2D eigenvalue weighted by Gasteiger charge is -2.19. The van der Waals surface area contributed by atoms with Gasteiger partial charge in [-0.3, -0.25) is 4.98 Å². The molecule has 3 aromatic rings. The number of carbonyl (C=O) groups is 1.